The number of aryl methyl sites for hydroxylation is 2. The number of fused-ring (bicyclic) bond motifs is 1. The molecule has 0 spiro atoms. The number of hydrogen-bond donors (Lipinski definition) is 1. The van der Waals surface area contributed by atoms with Crippen molar-refractivity contribution >= 4 is 22.4 Å². The van der Waals surface area contributed by atoms with Crippen molar-refractivity contribution in [3.05, 3.63) is 71.8 Å². The first-order valence-corrected chi connectivity index (χ1v) is 8.60. The molecule has 3 heteroatoms. The summed E-state index contributed by atoms with van der Waals surface area (Å²) >= 11 is 0. The summed E-state index contributed by atoms with van der Waals surface area (Å²) in [6, 6.07) is 20.0. The average Bonchev–Trinajstić information content (AvgIpc) is 2.58. The number of ether oxygens (including phenoxy) is 1. The zero-order valence-electron chi connectivity index (χ0n) is 14.9. The Balaban J connectivity index is 1.75. The van der Waals surface area contributed by atoms with Gasteiger partial charge in [0.25, 0.3) is 5.91 Å². The zero-order chi connectivity index (χ0) is 17.8. The molecule has 0 aliphatic carbocycles. The van der Waals surface area contributed by atoms with Crippen LogP contribution in [0.5, 0.6) is 5.75 Å². The van der Waals surface area contributed by atoms with Gasteiger partial charge in [0.05, 0.1) is 0 Å². The second kappa shape index (κ2) is 7.39. The molecule has 3 aromatic rings. The standard InChI is InChI=1S/C22H23NO2/c1-4-21(22(24)23-19-12-15(2)11-16(3)13-19)25-20-10-9-17-7-5-6-8-18(17)14-20/h5-14,21H,4H2,1-3H3,(H,23,24)/t21-/m1/s1. The van der Waals surface area contributed by atoms with Crippen molar-refractivity contribution in [1.82, 2.24) is 0 Å². The summed E-state index contributed by atoms with van der Waals surface area (Å²) in [5, 5.41) is 5.22. The van der Waals surface area contributed by atoms with Crippen LogP contribution in [0.4, 0.5) is 5.69 Å². The molecule has 0 bridgehead atoms. The van der Waals surface area contributed by atoms with E-state index in [0.29, 0.717) is 12.2 Å². The maximum atomic E-state index is 12.6. The molecular weight excluding hydrogens is 310 g/mol. The van der Waals surface area contributed by atoms with Gasteiger partial charge in [-0.1, -0.05) is 43.3 Å². The second-order valence-corrected chi connectivity index (χ2v) is 6.39. The van der Waals surface area contributed by atoms with Crippen LogP contribution in [0.1, 0.15) is 24.5 Å². The van der Waals surface area contributed by atoms with Gasteiger partial charge in [-0.2, -0.15) is 0 Å². The van der Waals surface area contributed by atoms with Crippen molar-refractivity contribution in [2.45, 2.75) is 33.3 Å². The molecule has 0 radical (unpaired) electrons. The summed E-state index contributed by atoms with van der Waals surface area (Å²) in [6.07, 6.45) is 0.0747. The van der Waals surface area contributed by atoms with Gasteiger partial charge in [0.1, 0.15) is 5.75 Å². The topological polar surface area (TPSA) is 38.3 Å². The van der Waals surface area contributed by atoms with E-state index in [9.17, 15) is 4.79 Å². The van der Waals surface area contributed by atoms with Gasteiger partial charge in [-0.25, -0.2) is 0 Å². The molecule has 1 amide bonds. The van der Waals surface area contributed by atoms with Crippen LogP contribution in [0.2, 0.25) is 0 Å². The number of carbonyl (C=O) groups is 1. The third kappa shape index (κ3) is 4.18. The van der Waals surface area contributed by atoms with E-state index in [1.165, 1.54) is 0 Å². The fourth-order valence-electron chi connectivity index (χ4n) is 3.00. The minimum Gasteiger partial charge on any atom is -0.481 e. The lowest BCUT2D eigenvalue weighted by molar-refractivity contribution is -0.122. The number of anilines is 1. The Morgan fingerprint density at radius 1 is 0.960 bits per heavy atom. The second-order valence-electron chi connectivity index (χ2n) is 6.39. The van der Waals surface area contributed by atoms with Crippen LogP contribution in [0, 0.1) is 13.8 Å². The molecule has 1 N–H and O–H groups in total. The Morgan fingerprint density at radius 2 is 1.64 bits per heavy atom. The van der Waals surface area contributed by atoms with Gasteiger partial charge < -0.3 is 10.1 Å². The van der Waals surface area contributed by atoms with Crippen LogP contribution in [0.3, 0.4) is 0 Å². The predicted octanol–water partition coefficient (Wildman–Crippen LogP) is 5.25. The molecule has 1 atom stereocenters. The van der Waals surface area contributed by atoms with E-state index in [4.69, 9.17) is 4.74 Å². The Bertz CT molecular complexity index is 881. The Morgan fingerprint density at radius 3 is 2.32 bits per heavy atom. The molecule has 3 aromatic carbocycles. The third-order valence-corrected chi connectivity index (χ3v) is 4.15. The van der Waals surface area contributed by atoms with E-state index in [2.05, 4.69) is 17.4 Å². The lowest BCUT2D eigenvalue weighted by atomic mass is 10.1. The van der Waals surface area contributed by atoms with Crippen LogP contribution in [0.15, 0.2) is 60.7 Å². The van der Waals surface area contributed by atoms with Crippen LogP contribution in [-0.4, -0.2) is 12.0 Å². The first kappa shape index (κ1) is 17.0. The normalized spacial score (nSPS) is 12.0. The fraction of sp³-hybridized carbons (Fsp3) is 0.227. The largest absolute Gasteiger partial charge is 0.481 e. The fourth-order valence-corrected chi connectivity index (χ4v) is 3.00. The predicted molar refractivity (Wildman–Crippen MR) is 103 cm³/mol. The number of rotatable bonds is 5. The van der Waals surface area contributed by atoms with E-state index in [1.807, 2.05) is 69.3 Å². The molecular formula is C22H23NO2. The summed E-state index contributed by atoms with van der Waals surface area (Å²) in [5.41, 5.74) is 3.06. The number of carbonyl (C=O) groups excluding carboxylic acids is 1. The highest BCUT2D eigenvalue weighted by Crippen LogP contribution is 2.22. The molecule has 128 valence electrons. The smallest absolute Gasteiger partial charge is 0.265 e. The number of amides is 1. The summed E-state index contributed by atoms with van der Waals surface area (Å²) in [5.74, 6) is 0.585. The van der Waals surface area contributed by atoms with Crippen LogP contribution in [-0.2, 0) is 4.79 Å². The van der Waals surface area contributed by atoms with Crippen LogP contribution in [0.25, 0.3) is 10.8 Å². The van der Waals surface area contributed by atoms with E-state index in [0.717, 1.165) is 27.6 Å². The minimum atomic E-state index is -0.526. The van der Waals surface area contributed by atoms with Gasteiger partial charge in [0.2, 0.25) is 0 Å². The molecule has 0 aliphatic rings. The van der Waals surface area contributed by atoms with Crippen molar-refractivity contribution in [3.8, 4) is 5.75 Å². The molecule has 0 aliphatic heterocycles. The summed E-state index contributed by atoms with van der Waals surface area (Å²) in [6.45, 7) is 5.99. The Hall–Kier alpha value is -2.81. The van der Waals surface area contributed by atoms with Gasteiger partial charge in [-0.3, -0.25) is 4.79 Å². The van der Waals surface area contributed by atoms with Crippen LogP contribution >= 0.6 is 0 Å². The lowest BCUT2D eigenvalue weighted by Crippen LogP contribution is -2.32. The van der Waals surface area contributed by atoms with Gasteiger partial charge in [0.15, 0.2) is 6.10 Å². The van der Waals surface area contributed by atoms with E-state index < -0.39 is 6.10 Å². The van der Waals surface area contributed by atoms with Crippen molar-refractivity contribution in [2.24, 2.45) is 0 Å². The molecule has 25 heavy (non-hydrogen) atoms. The first-order valence-electron chi connectivity index (χ1n) is 8.60. The highest BCUT2D eigenvalue weighted by molar-refractivity contribution is 5.94. The highest BCUT2D eigenvalue weighted by atomic mass is 16.5. The van der Waals surface area contributed by atoms with Gasteiger partial charge >= 0.3 is 0 Å². The number of nitrogens with one attached hydrogen (secondary N) is 1. The van der Waals surface area contributed by atoms with E-state index in [1.54, 1.807) is 0 Å². The number of hydrogen-bond acceptors (Lipinski definition) is 2. The SMILES string of the molecule is CC[C@@H](Oc1ccc2ccccc2c1)C(=O)Nc1cc(C)cc(C)c1. The summed E-state index contributed by atoms with van der Waals surface area (Å²) in [7, 11) is 0. The van der Waals surface area contributed by atoms with Crippen molar-refractivity contribution in [2.75, 3.05) is 5.32 Å². The molecule has 0 heterocycles. The molecule has 0 saturated carbocycles. The van der Waals surface area contributed by atoms with E-state index >= 15 is 0 Å². The Kier molecular flexibility index (Phi) is 5.03. The highest BCUT2D eigenvalue weighted by Gasteiger charge is 2.19. The average molecular weight is 333 g/mol. The molecule has 0 unspecified atom stereocenters. The Labute approximate surface area is 148 Å². The number of benzene rings is 3. The molecule has 0 saturated heterocycles. The zero-order valence-corrected chi connectivity index (χ0v) is 14.9. The van der Waals surface area contributed by atoms with Gasteiger partial charge in [0, 0.05) is 5.69 Å². The van der Waals surface area contributed by atoms with Crippen LogP contribution < -0.4 is 10.1 Å². The maximum Gasteiger partial charge on any atom is 0.265 e. The third-order valence-electron chi connectivity index (χ3n) is 4.15. The molecule has 0 fully saturated rings. The van der Waals surface area contributed by atoms with Crippen molar-refractivity contribution in [3.63, 3.8) is 0 Å². The maximum absolute atomic E-state index is 12.6. The van der Waals surface area contributed by atoms with E-state index in [-0.39, 0.29) is 5.91 Å². The molecule has 3 rings (SSSR count). The molecule has 3 nitrogen and oxygen atoms in total. The van der Waals surface area contributed by atoms with Crippen molar-refractivity contribution < 1.29 is 9.53 Å². The minimum absolute atomic E-state index is 0.124. The summed E-state index contributed by atoms with van der Waals surface area (Å²) in [4.78, 5) is 12.6. The van der Waals surface area contributed by atoms with Crippen molar-refractivity contribution in [1.29, 1.82) is 0 Å². The van der Waals surface area contributed by atoms with Gasteiger partial charge in [-0.05, 0) is 66.4 Å². The van der Waals surface area contributed by atoms with Gasteiger partial charge in [-0.15, -0.1) is 0 Å². The quantitative estimate of drug-likeness (QED) is 0.692. The lowest BCUT2D eigenvalue weighted by Gasteiger charge is -2.18. The molecule has 0 aromatic heterocycles. The monoisotopic (exact) mass is 333 g/mol. The first-order chi connectivity index (χ1) is 12.0. The summed E-state index contributed by atoms with van der Waals surface area (Å²) < 4.78 is 5.95.